The average Bonchev–Trinajstić information content (AvgIpc) is 2.92. The van der Waals surface area contributed by atoms with Gasteiger partial charge in [-0.05, 0) is 24.0 Å². The Hall–Kier alpha value is -1.04. The molecule has 0 radical (unpaired) electrons. The summed E-state index contributed by atoms with van der Waals surface area (Å²) < 4.78 is 0. The zero-order valence-corrected chi connectivity index (χ0v) is 11.7. The molecule has 1 fully saturated rings. The molecule has 4 heteroatoms. The van der Waals surface area contributed by atoms with Crippen LogP contribution in [0.1, 0.15) is 31.7 Å². The zero-order chi connectivity index (χ0) is 13.5. The van der Waals surface area contributed by atoms with Crippen LogP contribution in [0.2, 0.25) is 10.0 Å². The Balaban J connectivity index is 2.36. The second kappa shape index (κ2) is 4.57. The van der Waals surface area contributed by atoms with Gasteiger partial charge in [0.2, 0.25) is 0 Å². The van der Waals surface area contributed by atoms with Crippen LogP contribution < -0.4 is 0 Å². The smallest absolute Gasteiger partial charge is 0.158 e. The molecular formula is C14H13Cl2NO. The Kier molecular flexibility index (Phi) is 3.40. The molecule has 2 unspecified atom stereocenters. The molecule has 2 atom stereocenters. The number of hydrogen-bond donors (Lipinski definition) is 0. The minimum Gasteiger partial charge on any atom is -0.298 e. The second-order valence-electron chi connectivity index (χ2n) is 5.35. The van der Waals surface area contributed by atoms with Crippen molar-refractivity contribution in [3.63, 3.8) is 0 Å². The highest BCUT2D eigenvalue weighted by atomic mass is 35.5. The summed E-state index contributed by atoms with van der Waals surface area (Å²) in [5, 5.41) is 10.0. The van der Waals surface area contributed by atoms with Crippen molar-refractivity contribution in [3.05, 3.63) is 33.8 Å². The maximum Gasteiger partial charge on any atom is 0.158 e. The van der Waals surface area contributed by atoms with Crippen LogP contribution >= 0.6 is 23.2 Å². The molecule has 1 aromatic carbocycles. The molecule has 0 aliphatic heterocycles. The Morgan fingerprint density at radius 2 is 1.94 bits per heavy atom. The van der Waals surface area contributed by atoms with Gasteiger partial charge in [0.1, 0.15) is 5.92 Å². The van der Waals surface area contributed by atoms with Crippen molar-refractivity contribution < 1.29 is 4.79 Å². The summed E-state index contributed by atoms with van der Waals surface area (Å²) in [6, 6.07) is 7.05. The Bertz CT molecular complexity index is 525. The third-order valence-corrected chi connectivity index (χ3v) is 4.22. The molecule has 0 heterocycles. The molecular weight excluding hydrogens is 269 g/mol. The van der Waals surface area contributed by atoms with Crippen LogP contribution in [0.15, 0.2) is 18.2 Å². The van der Waals surface area contributed by atoms with Crippen LogP contribution in [0.5, 0.6) is 0 Å². The van der Waals surface area contributed by atoms with Gasteiger partial charge < -0.3 is 0 Å². The average molecular weight is 282 g/mol. The van der Waals surface area contributed by atoms with E-state index in [4.69, 9.17) is 23.2 Å². The molecule has 18 heavy (non-hydrogen) atoms. The number of hydrogen-bond acceptors (Lipinski definition) is 2. The first kappa shape index (κ1) is 13.4. The lowest BCUT2D eigenvalue weighted by Gasteiger charge is -2.13. The fourth-order valence-electron chi connectivity index (χ4n) is 2.21. The van der Waals surface area contributed by atoms with Gasteiger partial charge in [-0.25, -0.2) is 0 Å². The highest BCUT2D eigenvalue weighted by Gasteiger charge is 2.52. The number of carbonyl (C=O) groups is 1. The molecule has 0 N–H and O–H groups in total. The summed E-state index contributed by atoms with van der Waals surface area (Å²) >= 11 is 12.1. The summed E-state index contributed by atoms with van der Waals surface area (Å²) in [6.45, 7) is 4.05. The Morgan fingerprint density at radius 1 is 1.44 bits per heavy atom. The quantitative estimate of drug-likeness (QED) is 0.833. The van der Waals surface area contributed by atoms with E-state index in [2.05, 4.69) is 0 Å². The summed E-state index contributed by atoms with van der Waals surface area (Å²) in [5.74, 6) is -0.995. The molecule has 1 aromatic rings. The molecule has 0 aromatic heterocycles. The molecule has 2 rings (SSSR count). The van der Waals surface area contributed by atoms with Gasteiger partial charge in [-0.15, -0.1) is 0 Å². The number of rotatable bonds is 3. The maximum atomic E-state index is 12.3. The van der Waals surface area contributed by atoms with Crippen molar-refractivity contribution in [3.8, 4) is 6.07 Å². The van der Waals surface area contributed by atoms with Crippen LogP contribution in [0, 0.1) is 22.7 Å². The van der Waals surface area contributed by atoms with Gasteiger partial charge in [0.25, 0.3) is 0 Å². The third-order valence-electron chi connectivity index (χ3n) is 3.56. The molecule has 1 aliphatic carbocycles. The van der Waals surface area contributed by atoms with Gasteiger partial charge in [-0.1, -0.05) is 43.1 Å². The molecule has 0 bridgehead atoms. The summed E-state index contributed by atoms with van der Waals surface area (Å²) in [5.41, 5.74) is 0.441. The SMILES string of the molecule is CC1(C)CC1C(=O)C(C#N)c1c(Cl)cccc1Cl. The van der Waals surface area contributed by atoms with Crippen LogP contribution in [0.25, 0.3) is 0 Å². The first-order valence-corrected chi connectivity index (χ1v) is 6.51. The van der Waals surface area contributed by atoms with Crippen LogP contribution in [0.3, 0.4) is 0 Å². The van der Waals surface area contributed by atoms with E-state index in [1.807, 2.05) is 19.9 Å². The van der Waals surface area contributed by atoms with Gasteiger partial charge in [0, 0.05) is 21.5 Å². The number of nitrogens with zero attached hydrogens (tertiary/aromatic N) is 1. The highest BCUT2D eigenvalue weighted by molar-refractivity contribution is 6.36. The minimum atomic E-state index is -0.863. The number of benzene rings is 1. The predicted molar refractivity (Wildman–Crippen MR) is 71.7 cm³/mol. The topological polar surface area (TPSA) is 40.9 Å². The van der Waals surface area contributed by atoms with E-state index in [9.17, 15) is 10.1 Å². The summed E-state index contributed by atoms with van der Waals surface area (Å²) in [7, 11) is 0. The van der Waals surface area contributed by atoms with Crippen molar-refractivity contribution >= 4 is 29.0 Å². The minimum absolute atomic E-state index is 0.0000833. The lowest BCUT2D eigenvalue weighted by Crippen LogP contribution is -2.16. The van der Waals surface area contributed by atoms with E-state index in [-0.39, 0.29) is 17.1 Å². The highest BCUT2D eigenvalue weighted by Crippen LogP contribution is 2.54. The van der Waals surface area contributed by atoms with E-state index in [1.165, 1.54) is 0 Å². The van der Waals surface area contributed by atoms with E-state index >= 15 is 0 Å². The maximum absolute atomic E-state index is 12.3. The van der Waals surface area contributed by atoms with E-state index < -0.39 is 5.92 Å². The number of carbonyl (C=O) groups excluding carboxylic acids is 1. The number of nitriles is 1. The van der Waals surface area contributed by atoms with Crippen molar-refractivity contribution in [1.29, 1.82) is 5.26 Å². The Labute approximate surface area is 117 Å². The molecule has 0 spiro atoms. The van der Waals surface area contributed by atoms with Crippen molar-refractivity contribution in [2.75, 3.05) is 0 Å². The van der Waals surface area contributed by atoms with Crippen LogP contribution in [-0.2, 0) is 4.79 Å². The monoisotopic (exact) mass is 281 g/mol. The lowest BCUT2D eigenvalue weighted by atomic mass is 9.91. The molecule has 94 valence electrons. The van der Waals surface area contributed by atoms with Crippen molar-refractivity contribution in [1.82, 2.24) is 0 Å². The van der Waals surface area contributed by atoms with Crippen LogP contribution in [0.4, 0.5) is 0 Å². The number of Topliss-reactive ketones (excluding diaryl/α,β-unsaturated/α-hetero) is 1. The van der Waals surface area contributed by atoms with Crippen molar-refractivity contribution in [2.24, 2.45) is 11.3 Å². The number of halogens is 2. The second-order valence-corrected chi connectivity index (χ2v) is 6.16. The Morgan fingerprint density at radius 3 is 2.33 bits per heavy atom. The van der Waals surface area contributed by atoms with Gasteiger partial charge in [0.05, 0.1) is 6.07 Å². The van der Waals surface area contributed by atoms with E-state index in [0.717, 1.165) is 6.42 Å². The van der Waals surface area contributed by atoms with Gasteiger partial charge in [-0.2, -0.15) is 5.26 Å². The zero-order valence-electron chi connectivity index (χ0n) is 10.2. The predicted octanol–water partition coefficient (Wildman–Crippen LogP) is 4.22. The van der Waals surface area contributed by atoms with E-state index in [1.54, 1.807) is 18.2 Å². The number of ketones is 1. The molecule has 1 saturated carbocycles. The molecule has 2 nitrogen and oxygen atoms in total. The van der Waals surface area contributed by atoms with Crippen LogP contribution in [-0.4, -0.2) is 5.78 Å². The molecule has 0 saturated heterocycles. The fourth-order valence-corrected chi connectivity index (χ4v) is 2.83. The first-order valence-electron chi connectivity index (χ1n) is 5.75. The van der Waals surface area contributed by atoms with E-state index in [0.29, 0.717) is 15.6 Å². The van der Waals surface area contributed by atoms with Gasteiger partial charge in [0.15, 0.2) is 5.78 Å². The largest absolute Gasteiger partial charge is 0.298 e. The summed E-state index contributed by atoms with van der Waals surface area (Å²) in [4.78, 5) is 12.3. The van der Waals surface area contributed by atoms with Gasteiger partial charge >= 0.3 is 0 Å². The molecule has 1 aliphatic rings. The lowest BCUT2D eigenvalue weighted by molar-refractivity contribution is -0.121. The normalized spacial score (nSPS) is 22.1. The van der Waals surface area contributed by atoms with Gasteiger partial charge in [-0.3, -0.25) is 4.79 Å². The first-order chi connectivity index (χ1) is 8.38. The molecule has 0 amide bonds. The third kappa shape index (κ3) is 2.25. The summed E-state index contributed by atoms with van der Waals surface area (Å²) in [6.07, 6.45) is 0.825. The standard InChI is InChI=1S/C14H13Cl2NO/c1-14(2)6-9(14)13(18)8(7-17)12-10(15)4-3-5-11(12)16/h3-5,8-9H,6H2,1-2H3. The van der Waals surface area contributed by atoms with Crippen molar-refractivity contribution in [2.45, 2.75) is 26.2 Å². The fraction of sp³-hybridized carbons (Fsp3) is 0.429.